The summed E-state index contributed by atoms with van der Waals surface area (Å²) in [5, 5.41) is 4.03. The Morgan fingerprint density at radius 3 is 1.93 bits per heavy atom. The first kappa shape index (κ1) is 14.0. The van der Waals surface area contributed by atoms with Crippen LogP contribution in [0.2, 0.25) is 0 Å². The molecule has 0 heterocycles. The summed E-state index contributed by atoms with van der Waals surface area (Å²) in [5.41, 5.74) is 0. The molecule has 0 amide bonds. The van der Waals surface area contributed by atoms with E-state index in [4.69, 9.17) is 0 Å². The summed E-state index contributed by atoms with van der Waals surface area (Å²) >= 11 is 1.85. The van der Waals surface area contributed by atoms with E-state index in [0.29, 0.717) is 16.3 Å². The Morgan fingerprint density at radius 2 is 1.64 bits per heavy atom. The molecular formula is C11H23NOS. The zero-order valence-corrected chi connectivity index (χ0v) is 10.9. The zero-order chi connectivity index (χ0) is 11.3. The molecule has 0 aliphatic heterocycles. The van der Waals surface area contributed by atoms with Gasteiger partial charge in [0.2, 0.25) is 0 Å². The van der Waals surface area contributed by atoms with E-state index in [1.807, 2.05) is 32.7 Å². The summed E-state index contributed by atoms with van der Waals surface area (Å²) in [6.45, 7) is 10.4. The lowest BCUT2D eigenvalue weighted by molar-refractivity contribution is -0.123. The maximum atomic E-state index is 11.8. The van der Waals surface area contributed by atoms with E-state index in [0.717, 1.165) is 0 Å². The van der Waals surface area contributed by atoms with Gasteiger partial charge in [0.15, 0.2) is 5.78 Å². The summed E-state index contributed by atoms with van der Waals surface area (Å²) in [6.07, 6.45) is 0. The minimum absolute atomic E-state index is 0.0117. The van der Waals surface area contributed by atoms with Gasteiger partial charge >= 0.3 is 0 Å². The van der Waals surface area contributed by atoms with Gasteiger partial charge in [-0.3, -0.25) is 4.79 Å². The molecule has 14 heavy (non-hydrogen) atoms. The molecule has 0 spiro atoms. The Hall–Kier alpha value is -0.0200. The van der Waals surface area contributed by atoms with E-state index < -0.39 is 0 Å². The number of ketones is 1. The molecule has 0 aromatic heterocycles. The standard InChI is InChI=1S/C11H23NOS/c1-7(2)11(13)10(12-6)9(5)14-8(3)4/h7-10,12H,1-6H3. The lowest BCUT2D eigenvalue weighted by Gasteiger charge is -2.24. The topological polar surface area (TPSA) is 29.1 Å². The number of Topliss-reactive ketones (excluding diaryl/α,β-unsaturated/α-hetero) is 1. The van der Waals surface area contributed by atoms with Crippen LogP contribution in [0.4, 0.5) is 0 Å². The fraction of sp³-hybridized carbons (Fsp3) is 0.909. The van der Waals surface area contributed by atoms with E-state index in [2.05, 4.69) is 26.1 Å². The van der Waals surface area contributed by atoms with E-state index in [-0.39, 0.29) is 12.0 Å². The fourth-order valence-corrected chi connectivity index (χ4v) is 2.76. The van der Waals surface area contributed by atoms with Crippen molar-refractivity contribution in [3.05, 3.63) is 0 Å². The number of hydrogen-bond donors (Lipinski definition) is 1. The Kier molecular flexibility index (Phi) is 6.45. The van der Waals surface area contributed by atoms with E-state index in [9.17, 15) is 4.79 Å². The van der Waals surface area contributed by atoms with Crippen molar-refractivity contribution < 1.29 is 4.79 Å². The molecular weight excluding hydrogens is 194 g/mol. The highest BCUT2D eigenvalue weighted by Crippen LogP contribution is 2.21. The van der Waals surface area contributed by atoms with Crippen molar-refractivity contribution in [3.8, 4) is 0 Å². The molecule has 0 rings (SSSR count). The van der Waals surface area contributed by atoms with Gasteiger partial charge < -0.3 is 5.32 Å². The summed E-state index contributed by atoms with van der Waals surface area (Å²) in [6, 6.07) is -0.0117. The van der Waals surface area contributed by atoms with Gasteiger partial charge in [-0.05, 0) is 12.3 Å². The molecule has 1 N–H and O–H groups in total. The van der Waals surface area contributed by atoms with Gasteiger partial charge in [0, 0.05) is 11.2 Å². The second kappa shape index (κ2) is 6.46. The van der Waals surface area contributed by atoms with Gasteiger partial charge in [0.05, 0.1) is 6.04 Å². The Balaban J connectivity index is 4.32. The number of rotatable bonds is 6. The zero-order valence-electron chi connectivity index (χ0n) is 10.1. The lowest BCUT2D eigenvalue weighted by Crippen LogP contribution is -2.43. The highest BCUT2D eigenvalue weighted by molar-refractivity contribution is 8.00. The summed E-state index contributed by atoms with van der Waals surface area (Å²) in [4.78, 5) is 11.8. The predicted molar refractivity (Wildman–Crippen MR) is 64.9 cm³/mol. The van der Waals surface area contributed by atoms with Gasteiger partial charge in [-0.2, -0.15) is 11.8 Å². The molecule has 0 aromatic rings. The van der Waals surface area contributed by atoms with Crippen LogP contribution in [-0.2, 0) is 4.79 Å². The minimum Gasteiger partial charge on any atom is -0.310 e. The molecule has 0 radical (unpaired) electrons. The third-order valence-electron chi connectivity index (χ3n) is 2.14. The van der Waals surface area contributed by atoms with Crippen molar-refractivity contribution in [1.29, 1.82) is 0 Å². The normalized spacial score (nSPS) is 16.0. The van der Waals surface area contributed by atoms with Gasteiger partial charge in [-0.25, -0.2) is 0 Å². The monoisotopic (exact) mass is 217 g/mol. The van der Waals surface area contributed by atoms with Crippen LogP contribution in [0.3, 0.4) is 0 Å². The van der Waals surface area contributed by atoms with Gasteiger partial charge in [-0.15, -0.1) is 0 Å². The summed E-state index contributed by atoms with van der Waals surface area (Å²) in [5.74, 6) is 0.427. The van der Waals surface area contributed by atoms with Crippen LogP contribution in [0.15, 0.2) is 0 Å². The Morgan fingerprint density at radius 1 is 1.14 bits per heavy atom. The minimum atomic E-state index is -0.0117. The van der Waals surface area contributed by atoms with Gasteiger partial charge in [-0.1, -0.05) is 34.6 Å². The molecule has 0 bridgehead atoms. The van der Waals surface area contributed by atoms with Crippen LogP contribution in [0.25, 0.3) is 0 Å². The van der Waals surface area contributed by atoms with E-state index in [1.54, 1.807) is 0 Å². The number of hydrogen-bond acceptors (Lipinski definition) is 3. The first-order chi connectivity index (χ1) is 6.40. The maximum Gasteiger partial charge on any atom is 0.153 e. The SMILES string of the molecule is CNC(C(=O)C(C)C)C(C)SC(C)C. The van der Waals surface area contributed by atoms with Crippen LogP contribution >= 0.6 is 11.8 Å². The van der Waals surface area contributed by atoms with E-state index in [1.165, 1.54) is 0 Å². The Labute approximate surface area is 92.2 Å². The van der Waals surface area contributed by atoms with Gasteiger partial charge in [0.1, 0.15) is 0 Å². The fourth-order valence-electron chi connectivity index (χ4n) is 1.48. The lowest BCUT2D eigenvalue weighted by atomic mass is 10.00. The van der Waals surface area contributed by atoms with Gasteiger partial charge in [0.25, 0.3) is 0 Å². The largest absolute Gasteiger partial charge is 0.310 e. The van der Waals surface area contributed by atoms with Crippen molar-refractivity contribution in [2.45, 2.75) is 51.2 Å². The van der Waals surface area contributed by atoms with E-state index >= 15 is 0 Å². The highest BCUT2D eigenvalue weighted by Gasteiger charge is 2.25. The van der Waals surface area contributed by atoms with Crippen LogP contribution in [0.5, 0.6) is 0 Å². The number of carbonyl (C=O) groups excluding carboxylic acids is 1. The molecule has 3 heteroatoms. The molecule has 84 valence electrons. The number of carbonyl (C=O) groups is 1. The molecule has 0 aromatic carbocycles. The molecule has 2 unspecified atom stereocenters. The third-order valence-corrected chi connectivity index (χ3v) is 3.39. The smallest absolute Gasteiger partial charge is 0.153 e. The molecule has 2 nitrogen and oxygen atoms in total. The summed E-state index contributed by atoms with van der Waals surface area (Å²) in [7, 11) is 1.86. The summed E-state index contributed by atoms with van der Waals surface area (Å²) < 4.78 is 0. The Bertz CT molecular complexity index is 180. The second-order valence-electron chi connectivity index (χ2n) is 4.21. The van der Waals surface area contributed by atoms with Crippen molar-refractivity contribution in [3.63, 3.8) is 0 Å². The molecule has 0 aliphatic carbocycles. The van der Waals surface area contributed by atoms with Crippen LogP contribution < -0.4 is 5.32 Å². The highest BCUT2D eigenvalue weighted by atomic mass is 32.2. The second-order valence-corrected chi connectivity index (χ2v) is 6.17. The molecule has 0 aliphatic rings. The number of nitrogens with one attached hydrogen (secondary N) is 1. The predicted octanol–water partition coefficient (Wildman–Crippen LogP) is 2.33. The third kappa shape index (κ3) is 4.47. The first-order valence-corrected chi connectivity index (χ1v) is 6.20. The van der Waals surface area contributed by atoms with Crippen molar-refractivity contribution in [1.82, 2.24) is 5.32 Å². The first-order valence-electron chi connectivity index (χ1n) is 5.26. The number of likely N-dealkylation sites (N-methyl/N-ethyl adjacent to an activating group) is 1. The van der Waals surface area contributed by atoms with Crippen molar-refractivity contribution in [2.75, 3.05) is 7.05 Å². The average Bonchev–Trinajstić information content (AvgIpc) is 2.03. The van der Waals surface area contributed by atoms with Crippen molar-refractivity contribution in [2.24, 2.45) is 5.92 Å². The van der Waals surface area contributed by atoms with Crippen LogP contribution in [0, 0.1) is 5.92 Å². The molecule has 0 saturated carbocycles. The van der Waals surface area contributed by atoms with Crippen LogP contribution in [-0.4, -0.2) is 29.4 Å². The molecule has 2 atom stereocenters. The quantitative estimate of drug-likeness (QED) is 0.740. The average molecular weight is 217 g/mol. The van der Waals surface area contributed by atoms with Crippen LogP contribution in [0.1, 0.15) is 34.6 Å². The molecule has 0 fully saturated rings. The number of thioether (sulfide) groups is 1. The van der Waals surface area contributed by atoms with Crippen molar-refractivity contribution >= 4 is 17.5 Å². The maximum absolute atomic E-state index is 11.8. The molecule has 0 saturated heterocycles.